The molecule has 0 N–H and O–H groups in total. The molecule has 28 heavy (non-hydrogen) atoms. The van der Waals surface area contributed by atoms with Crippen LogP contribution in [0.15, 0.2) is 69.5 Å². The van der Waals surface area contributed by atoms with E-state index in [0.717, 1.165) is 14.7 Å². The fourth-order valence-electron chi connectivity index (χ4n) is 2.65. The van der Waals surface area contributed by atoms with Crippen LogP contribution >= 0.6 is 27.3 Å². The lowest BCUT2D eigenvalue weighted by atomic mass is 10.2. The summed E-state index contributed by atoms with van der Waals surface area (Å²) < 4.78 is 28.3. The smallest absolute Gasteiger partial charge is 0.279 e. The van der Waals surface area contributed by atoms with Crippen molar-refractivity contribution in [2.45, 2.75) is 30.5 Å². The number of benzene rings is 2. The lowest BCUT2D eigenvalue weighted by molar-refractivity contribution is 0.0998. The number of fused-ring (bicyclic) bond motifs is 1. The lowest BCUT2D eigenvalue weighted by Gasteiger charge is -2.07. The molecule has 0 radical (unpaired) electrons. The summed E-state index contributed by atoms with van der Waals surface area (Å²) in [5.74, 6) is -0.420. The van der Waals surface area contributed by atoms with Gasteiger partial charge in [-0.15, -0.1) is 6.58 Å². The van der Waals surface area contributed by atoms with Crippen LogP contribution in [0.3, 0.4) is 0 Å². The van der Waals surface area contributed by atoms with Crippen molar-refractivity contribution in [2.75, 3.05) is 0 Å². The number of halogens is 1. The number of hydrogen-bond donors (Lipinski definition) is 0. The number of amides is 1. The minimum absolute atomic E-state index is 0.201. The molecule has 0 spiro atoms. The maximum absolute atomic E-state index is 12.7. The summed E-state index contributed by atoms with van der Waals surface area (Å²) >= 11 is 4.87. The standard InChI is InChI=1S/C20H19BrN2O3S2/c1-4-11-23-17-10-7-15(21)12-18(17)27-20(23)22-19(24)14-5-8-16(9-6-14)28(25,26)13(2)3/h4-10,12-13H,1,11H2,2-3H3. The largest absolute Gasteiger partial charge is 0.312 e. The van der Waals surface area contributed by atoms with E-state index >= 15 is 0 Å². The third kappa shape index (κ3) is 4.04. The normalized spacial score (nSPS) is 12.6. The zero-order valence-corrected chi connectivity index (χ0v) is 18.6. The first-order chi connectivity index (χ1) is 13.2. The fraction of sp³-hybridized carbons (Fsp3) is 0.200. The van der Waals surface area contributed by atoms with E-state index in [2.05, 4.69) is 27.5 Å². The van der Waals surface area contributed by atoms with Gasteiger partial charge in [0.15, 0.2) is 14.6 Å². The summed E-state index contributed by atoms with van der Waals surface area (Å²) in [6.07, 6.45) is 1.75. The Morgan fingerprint density at radius 2 is 1.93 bits per heavy atom. The molecule has 0 saturated carbocycles. The van der Waals surface area contributed by atoms with Crippen LogP contribution in [0.2, 0.25) is 0 Å². The second kappa shape index (κ2) is 8.14. The number of nitrogens with zero attached hydrogens (tertiary/aromatic N) is 2. The molecule has 3 aromatic rings. The molecular formula is C20H19BrN2O3S2. The second-order valence-electron chi connectivity index (χ2n) is 6.43. The Balaban J connectivity index is 2.03. The SMILES string of the molecule is C=CCn1c(=NC(=O)c2ccc(S(=O)(=O)C(C)C)cc2)sc2cc(Br)ccc21. The van der Waals surface area contributed by atoms with Crippen LogP contribution in [-0.2, 0) is 16.4 Å². The molecular weight excluding hydrogens is 460 g/mol. The average molecular weight is 479 g/mol. The molecule has 0 atom stereocenters. The quantitative estimate of drug-likeness (QED) is 0.504. The van der Waals surface area contributed by atoms with Crippen LogP contribution in [0.25, 0.3) is 10.2 Å². The Hall–Kier alpha value is -2.03. The molecule has 3 rings (SSSR count). The first-order valence-electron chi connectivity index (χ1n) is 8.57. The number of rotatable bonds is 5. The molecule has 1 aromatic heterocycles. The van der Waals surface area contributed by atoms with Gasteiger partial charge in [0.2, 0.25) is 0 Å². The molecule has 0 aliphatic carbocycles. The van der Waals surface area contributed by atoms with Gasteiger partial charge in [0.1, 0.15) is 0 Å². The summed E-state index contributed by atoms with van der Waals surface area (Å²) in [6, 6.07) is 11.8. The van der Waals surface area contributed by atoms with E-state index in [1.807, 2.05) is 22.8 Å². The molecule has 1 amide bonds. The second-order valence-corrected chi connectivity index (χ2v) is 10.9. The Kier molecular flexibility index (Phi) is 6.02. The lowest BCUT2D eigenvalue weighted by Crippen LogP contribution is -2.16. The minimum atomic E-state index is -3.37. The van der Waals surface area contributed by atoms with Crippen molar-refractivity contribution in [3.05, 3.63) is 70.0 Å². The van der Waals surface area contributed by atoms with E-state index in [1.54, 1.807) is 19.9 Å². The Bertz CT molecular complexity index is 1220. The Labute approximate surface area is 176 Å². The third-order valence-corrected chi connectivity index (χ3v) is 7.91. The molecule has 5 nitrogen and oxygen atoms in total. The molecule has 0 bridgehead atoms. The van der Waals surface area contributed by atoms with E-state index in [0.29, 0.717) is 16.9 Å². The van der Waals surface area contributed by atoms with Crippen molar-refractivity contribution in [2.24, 2.45) is 4.99 Å². The molecule has 0 saturated heterocycles. The summed E-state index contributed by atoms with van der Waals surface area (Å²) in [5.41, 5.74) is 1.31. The zero-order valence-electron chi connectivity index (χ0n) is 15.4. The van der Waals surface area contributed by atoms with E-state index in [9.17, 15) is 13.2 Å². The van der Waals surface area contributed by atoms with Crippen molar-refractivity contribution in [3.63, 3.8) is 0 Å². The van der Waals surface area contributed by atoms with Gasteiger partial charge in [-0.2, -0.15) is 4.99 Å². The van der Waals surface area contributed by atoms with Crippen LogP contribution in [0.1, 0.15) is 24.2 Å². The molecule has 8 heteroatoms. The number of sulfone groups is 1. The zero-order chi connectivity index (χ0) is 20.5. The molecule has 0 fully saturated rings. The molecule has 2 aromatic carbocycles. The number of carbonyl (C=O) groups excluding carboxylic acids is 1. The predicted molar refractivity (Wildman–Crippen MR) is 116 cm³/mol. The van der Waals surface area contributed by atoms with E-state index in [4.69, 9.17) is 0 Å². The van der Waals surface area contributed by atoms with Crippen LogP contribution in [-0.4, -0.2) is 24.1 Å². The van der Waals surface area contributed by atoms with Crippen molar-refractivity contribution in [3.8, 4) is 0 Å². The van der Waals surface area contributed by atoms with Gasteiger partial charge in [-0.05, 0) is 56.3 Å². The van der Waals surface area contributed by atoms with Gasteiger partial charge in [0.25, 0.3) is 5.91 Å². The molecule has 146 valence electrons. The molecule has 0 unspecified atom stereocenters. The first-order valence-corrected chi connectivity index (χ1v) is 11.7. The van der Waals surface area contributed by atoms with E-state index in [-0.39, 0.29) is 4.90 Å². The van der Waals surface area contributed by atoms with Crippen LogP contribution in [0.4, 0.5) is 0 Å². The Morgan fingerprint density at radius 3 is 2.54 bits per heavy atom. The molecule has 0 aliphatic heterocycles. The first kappa shape index (κ1) is 20.7. The van der Waals surface area contributed by atoms with Crippen molar-refractivity contribution in [1.29, 1.82) is 0 Å². The van der Waals surface area contributed by atoms with Crippen molar-refractivity contribution in [1.82, 2.24) is 4.57 Å². The van der Waals surface area contributed by atoms with Gasteiger partial charge in [0.05, 0.1) is 20.4 Å². The highest BCUT2D eigenvalue weighted by atomic mass is 79.9. The van der Waals surface area contributed by atoms with Gasteiger partial charge in [-0.25, -0.2) is 8.42 Å². The monoisotopic (exact) mass is 478 g/mol. The maximum Gasteiger partial charge on any atom is 0.279 e. The highest BCUT2D eigenvalue weighted by Crippen LogP contribution is 2.22. The van der Waals surface area contributed by atoms with Crippen molar-refractivity contribution >= 4 is 53.2 Å². The van der Waals surface area contributed by atoms with E-state index in [1.165, 1.54) is 35.6 Å². The van der Waals surface area contributed by atoms with Gasteiger partial charge in [-0.3, -0.25) is 4.79 Å². The summed E-state index contributed by atoms with van der Waals surface area (Å²) in [4.78, 5) is 17.7. The Morgan fingerprint density at radius 1 is 1.25 bits per heavy atom. The summed E-state index contributed by atoms with van der Waals surface area (Å²) in [6.45, 7) is 7.56. The number of aromatic nitrogens is 1. The van der Waals surface area contributed by atoms with Crippen LogP contribution < -0.4 is 4.80 Å². The number of carbonyl (C=O) groups is 1. The van der Waals surface area contributed by atoms with E-state index < -0.39 is 21.0 Å². The average Bonchev–Trinajstić information content (AvgIpc) is 2.98. The predicted octanol–water partition coefficient (Wildman–Crippen LogP) is 4.57. The number of thiazole rings is 1. The van der Waals surface area contributed by atoms with Gasteiger partial charge in [-0.1, -0.05) is 33.3 Å². The van der Waals surface area contributed by atoms with Gasteiger partial charge >= 0.3 is 0 Å². The van der Waals surface area contributed by atoms with Crippen LogP contribution in [0.5, 0.6) is 0 Å². The topological polar surface area (TPSA) is 68.5 Å². The number of hydrogen-bond acceptors (Lipinski definition) is 4. The fourth-order valence-corrected chi connectivity index (χ4v) is 5.30. The van der Waals surface area contributed by atoms with Crippen molar-refractivity contribution < 1.29 is 13.2 Å². The number of allylic oxidation sites excluding steroid dienone is 1. The maximum atomic E-state index is 12.7. The van der Waals surface area contributed by atoms with Gasteiger partial charge in [0, 0.05) is 16.6 Å². The minimum Gasteiger partial charge on any atom is -0.312 e. The molecule has 1 heterocycles. The highest BCUT2D eigenvalue weighted by Gasteiger charge is 2.19. The highest BCUT2D eigenvalue weighted by molar-refractivity contribution is 9.10. The summed E-state index contributed by atoms with van der Waals surface area (Å²) in [5, 5.41) is -0.519. The third-order valence-electron chi connectivity index (χ3n) is 4.20. The summed E-state index contributed by atoms with van der Waals surface area (Å²) in [7, 11) is -3.37. The van der Waals surface area contributed by atoms with Crippen LogP contribution in [0, 0.1) is 0 Å². The molecule has 0 aliphatic rings. The van der Waals surface area contributed by atoms with Gasteiger partial charge < -0.3 is 4.57 Å².